The van der Waals surface area contributed by atoms with Gasteiger partial charge >= 0.3 is 10.2 Å². The summed E-state index contributed by atoms with van der Waals surface area (Å²) in [4.78, 5) is 0. The van der Waals surface area contributed by atoms with Crippen LogP contribution in [0.25, 0.3) is 0 Å². The van der Waals surface area contributed by atoms with Crippen molar-refractivity contribution < 1.29 is 8.42 Å². The maximum absolute atomic E-state index is 12.4. The molecule has 1 heterocycles. The quantitative estimate of drug-likeness (QED) is 0.825. The van der Waals surface area contributed by atoms with Crippen molar-refractivity contribution in [3.63, 3.8) is 0 Å². The number of halogens is 1. The molecule has 5 nitrogen and oxygen atoms in total. The summed E-state index contributed by atoms with van der Waals surface area (Å²) in [6.45, 7) is 2.51. The molecule has 0 saturated carbocycles. The predicted molar refractivity (Wildman–Crippen MR) is 81.1 cm³/mol. The van der Waals surface area contributed by atoms with Gasteiger partial charge in [-0.05, 0) is 53.9 Å². The van der Waals surface area contributed by atoms with Crippen LogP contribution in [0.4, 0.5) is 11.4 Å². The lowest BCUT2D eigenvalue weighted by atomic mass is 10.1. The summed E-state index contributed by atoms with van der Waals surface area (Å²) < 4.78 is 29.5. The van der Waals surface area contributed by atoms with Crippen molar-refractivity contribution >= 4 is 37.5 Å². The van der Waals surface area contributed by atoms with Gasteiger partial charge in [0.1, 0.15) is 0 Å². The molecule has 1 aliphatic heterocycles. The molecule has 7 heteroatoms. The zero-order chi connectivity index (χ0) is 14.0. The van der Waals surface area contributed by atoms with Gasteiger partial charge in [0.25, 0.3) is 0 Å². The molecule has 0 radical (unpaired) electrons. The fourth-order valence-corrected chi connectivity index (χ4v) is 4.39. The highest BCUT2D eigenvalue weighted by molar-refractivity contribution is 9.10. The highest BCUT2D eigenvalue weighted by Gasteiger charge is 2.29. The normalized spacial score (nSPS) is 21.3. The fraction of sp³-hybridized carbons (Fsp3) is 0.500. The summed E-state index contributed by atoms with van der Waals surface area (Å²) in [6, 6.07) is 5.05. The number of nitrogens with two attached hydrogens (primary N) is 1. The number of nitrogens with zero attached hydrogens (tertiary/aromatic N) is 1. The van der Waals surface area contributed by atoms with E-state index in [9.17, 15) is 8.42 Å². The van der Waals surface area contributed by atoms with Crippen molar-refractivity contribution in [1.29, 1.82) is 0 Å². The Morgan fingerprint density at radius 3 is 2.79 bits per heavy atom. The standard InChI is InChI=1S/C12H18BrN3O2S/c1-9-4-2-3-7-16(9)19(17,18)15-12-6-5-10(14)8-11(12)13/h5-6,8-9,15H,2-4,7,14H2,1H3. The second kappa shape index (κ2) is 5.68. The molecule has 1 fully saturated rings. The van der Waals surface area contributed by atoms with E-state index in [1.807, 2.05) is 6.92 Å². The molecule has 106 valence electrons. The fourth-order valence-electron chi connectivity index (χ4n) is 2.24. The van der Waals surface area contributed by atoms with Gasteiger partial charge in [-0.1, -0.05) is 6.42 Å². The zero-order valence-corrected chi connectivity index (χ0v) is 13.2. The van der Waals surface area contributed by atoms with E-state index >= 15 is 0 Å². The molecule has 19 heavy (non-hydrogen) atoms. The van der Waals surface area contributed by atoms with Crippen molar-refractivity contribution in [2.45, 2.75) is 32.2 Å². The van der Waals surface area contributed by atoms with Crippen molar-refractivity contribution in [2.75, 3.05) is 17.0 Å². The Bertz CT molecular complexity index is 562. The number of rotatable bonds is 3. The molecule has 1 aliphatic rings. The lowest BCUT2D eigenvalue weighted by Crippen LogP contribution is -2.44. The third kappa shape index (κ3) is 3.40. The molecular weight excluding hydrogens is 330 g/mol. The highest BCUT2D eigenvalue weighted by atomic mass is 79.9. The van der Waals surface area contributed by atoms with E-state index < -0.39 is 10.2 Å². The van der Waals surface area contributed by atoms with Gasteiger partial charge in [-0.3, -0.25) is 4.72 Å². The molecule has 0 aliphatic carbocycles. The molecule has 0 aromatic heterocycles. The smallest absolute Gasteiger partial charge is 0.301 e. The van der Waals surface area contributed by atoms with Gasteiger partial charge in [-0.15, -0.1) is 0 Å². The molecule has 0 bridgehead atoms. The molecule has 1 unspecified atom stereocenters. The molecule has 1 aromatic carbocycles. The third-order valence-corrected chi connectivity index (χ3v) is 5.58. The minimum absolute atomic E-state index is 0.0406. The van der Waals surface area contributed by atoms with Gasteiger partial charge < -0.3 is 5.73 Å². The summed E-state index contributed by atoms with van der Waals surface area (Å²) in [5.74, 6) is 0. The first kappa shape index (κ1) is 14.6. The molecule has 1 atom stereocenters. The zero-order valence-electron chi connectivity index (χ0n) is 10.8. The maximum Gasteiger partial charge on any atom is 0.301 e. The predicted octanol–water partition coefficient (Wildman–Crippen LogP) is 2.56. The Hall–Kier alpha value is -0.790. The van der Waals surface area contributed by atoms with Crippen molar-refractivity contribution in [3.8, 4) is 0 Å². The topological polar surface area (TPSA) is 75.4 Å². The van der Waals surface area contributed by atoms with E-state index in [0.29, 0.717) is 22.4 Å². The Kier molecular flexibility index (Phi) is 4.37. The Morgan fingerprint density at radius 2 is 2.16 bits per heavy atom. The van der Waals surface area contributed by atoms with Crippen LogP contribution in [0.3, 0.4) is 0 Å². The first-order valence-electron chi connectivity index (χ1n) is 6.25. The molecule has 0 spiro atoms. The van der Waals surface area contributed by atoms with Crippen LogP contribution in [0.2, 0.25) is 0 Å². The average molecular weight is 348 g/mol. The van der Waals surface area contributed by atoms with Crippen LogP contribution in [0.15, 0.2) is 22.7 Å². The van der Waals surface area contributed by atoms with E-state index in [0.717, 1.165) is 19.3 Å². The number of nitrogens with one attached hydrogen (secondary N) is 1. The summed E-state index contributed by atoms with van der Waals surface area (Å²) >= 11 is 3.31. The number of hydrogen-bond donors (Lipinski definition) is 2. The van der Waals surface area contributed by atoms with Crippen LogP contribution in [-0.4, -0.2) is 25.3 Å². The van der Waals surface area contributed by atoms with Crippen LogP contribution in [0, 0.1) is 0 Å². The van der Waals surface area contributed by atoms with Crippen LogP contribution >= 0.6 is 15.9 Å². The molecular formula is C12H18BrN3O2S. The Balaban J connectivity index is 2.20. The minimum Gasteiger partial charge on any atom is -0.399 e. The number of piperidine rings is 1. The molecule has 3 N–H and O–H groups in total. The maximum atomic E-state index is 12.4. The number of anilines is 2. The second-order valence-corrected chi connectivity index (χ2v) is 7.28. The van der Waals surface area contributed by atoms with Gasteiger partial charge in [0, 0.05) is 22.7 Å². The molecule has 1 saturated heterocycles. The largest absolute Gasteiger partial charge is 0.399 e. The summed E-state index contributed by atoms with van der Waals surface area (Å²) in [5.41, 5.74) is 6.73. The van der Waals surface area contributed by atoms with Gasteiger partial charge in [0.15, 0.2) is 0 Å². The van der Waals surface area contributed by atoms with Gasteiger partial charge in [0.05, 0.1) is 5.69 Å². The summed E-state index contributed by atoms with van der Waals surface area (Å²) in [6.07, 6.45) is 2.90. The van der Waals surface area contributed by atoms with E-state index in [1.54, 1.807) is 18.2 Å². The monoisotopic (exact) mass is 347 g/mol. The van der Waals surface area contributed by atoms with Gasteiger partial charge in [-0.2, -0.15) is 12.7 Å². The van der Waals surface area contributed by atoms with Crippen LogP contribution in [0.1, 0.15) is 26.2 Å². The van der Waals surface area contributed by atoms with E-state index in [-0.39, 0.29) is 6.04 Å². The van der Waals surface area contributed by atoms with Crippen molar-refractivity contribution in [3.05, 3.63) is 22.7 Å². The molecule has 1 aromatic rings. The van der Waals surface area contributed by atoms with E-state index in [2.05, 4.69) is 20.7 Å². The number of hydrogen-bond acceptors (Lipinski definition) is 3. The number of nitrogen functional groups attached to an aromatic ring is 1. The highest BCUT2D eigenvalue weighted by Crippen LogP contribution is 2.27. The lowest BCUT2D eigenvalue weighted by Gasteiger charge is -2.32. The van der Waals surface area contributed by atoms with Crippen molar-refractivity contribution in [2.24, 2.45) is 0 Å². The number of benzene rings is 1. The van der Waals surface area contributed by atoms with E-state index in [1.165, 1.54) is 4.31 Å². The molecule has 2 rings (SSSR count). The first-order valence-corrected chi connectivity index (χ1v) is 8.48. The second-order valence-electron chi connectivity index (χ2n) is 4.80. The SMILES string of the molecule is CC1CCCCN1S(=O)(=O)Nc1ccc(N)cc1Br. The Morgan fingerprint density at radius 1 is 1.42 bits per heavy atom. The Labute approximate surface area is 122 Å². The van der Waals surface area contributed by atoms with Crippen LogP contribution in [-0.2, 0) is 10.2 Å². The third-order valence-electron chi connectivity index (χ3n) is 3.28. The summed E-state index contributed by atoms with van der Waals surface area (Å²) in [5, 5.41) is 0. The average Bonchev–Trinajstić information content (AvgIpc) is 2.33. The van der Waals surface area contributed by atoms with Crippen LogP contribution < -0.4 is 10.5 Å². The van der Waals surface area contributed by atoms with Gasteiger partial charge in [0.2, 0.25) is 0 Å². The summed E-state index contributed by atoms with van der Waals surface area (Å²) in [7, 11) is -3.51. The minimum atomic E-state index is -3.51. The lowest BCUT2D eigenvalue weighted by molar-refractivity contribution is 0.270. The first-order chi connectivity index (χ1) is 8.90. The van der Waals surface area contributed by atoms with Crippen LogP contribution in [0.5, 0.6) is 0 Å². The van der Waals surface area contributed by atoms with E-state index in [4.69, 9.17) is 5.73 Å². The van der Waals surface area contributed by atoms with Crippen molar-refractivity contribution in [1.82, 2.24) is 4.31 Å². The molecule has 0 amide bonds. The van der Waals surface area contributed by atoms with Gasteiger partial charge in [-0.25, -0.2) is 0 Å².